The molecular weight excluding hydrogens is 322 g/mol. The van der Waals surface area contributed by atoms with E-state index < -0.39 is 0 Å². The van der Waals surface area contributed by atoms with Crippen molar-refractivity contribution in [3.05, 3.63) is 40.4 Å². The molecule has 0 unspecified atom stereocenters. The lowest BCUT2D eigenvalue weighted by molar-refractivity contribution is -0.116. The Kier molecular flexibility index (Phi) is 7.87. The quantitative estimate of drug-likeness (QED) is 0.435. The summed E-state index contributed by atoms with van der Waals surface area (Å²) in [7, 11) is 1.61. The summed E-state index contributed by atoms with van der Waals surface area (Å²) < 4.78 is 4.98. The Bertz CT molecular complexity index is 564. The molecule has 0 fully saturated rings. The first-order valence-corrected chi connectivity index (χ1v) is 7.50. The molecule has 0 heterocycles. The highest BCUT2D eigenvalue weighted by Gasteiger charge is 2.03. The third-order valence-electron chi connectivity index (χ3n) is 2.72. The molecule has 5 nitrogen and oxygen atoms in total. The van der Waals surface area contributed by atoms with Gasteiger partial charge in [0.2, 0.25) is 0 Å². The minimum atomic E-state index is -0.319. The predicted octanol–water partition coefficient (Wildman–Crippen LogP) is 2.19. The smallest absolute Gasteiger partial charge is 0.262 e. The van der Waals surface area contributed by atoms with Gasteiger partial charge in [-0.15, -0.1) is 0 Å². The van der Waals surface area contributed by atoms with Crippen LogP contribution in [0.5, 0.6) is 0 Å². The molecule has 0 aliphatic rings. The van der Waals surface area contributed by atoms with E-state index in [1.54, 1.807) is 19.3 Å². The standard InChI is InChI=1S/C15H20ClN3O2S/c1-10-4-5-12(8-13(10)16)6-7-14(20)18-19-15(22)17-11(2)9-21-3/h4-8,11H,9H2,1-3H3,(H,18,20)(H2,17,19,22)/b7-6+/t11-/m1/s1. The van der Waals surface area contributed by atoms with Crippen molar-refractivity contribution in [1.82, 2.24) is 16.2 Å². The number of carbonyl (C=O) groups excluding carboxylic acids is 1. The van der Waals surface area contributed by atoms with Crippen molar-refractivity contribution in [3.8, 4) is 0 Å². The molecule has 0 aromatic heterocycles. The SMILES string of the molecule is COC[C@@H](C)NC(=S)NNC(=O)/C=C/c1ccc(C)c(Cl)c1. The fourth-order valence-electron chi connectivity index (χ4n) is 1.60. The number of amides is 1. The van der Waals surface area contributed by atoms with Crippen LogP contribution < -0.4 is 16.2 Å². The lowest BCUT2D eigenvalue weighted by atomic mass is 10.1. The van der Waals surface area contributed by atoms with Gasteiger partial charge in [-0.25, -0.2) is 0 Å². The van der Waals surface area contributed by atoms with Crippen molar-refractivity contribution in [3.63, 3.8) is 0 Å². The van der Waals surface area contributed by atoms with Gasteiger partial charge < -0.3 is 10.1 Å². The summed E-state index contributed by atoms with van der Waals surface area (Å²) in [5, 5.41) is 3.95. The number of aryl methyl sites for hydroxylation is 1. The van der Waals surface area contributed by atoms with Gasteiger partial charge >= 0.3 is 0 Å². The van der Waals surface area contributed by atoms with Crippen LogP contribution in [0.1, 0.15) is 18.1 Å². The molecule has 0 aliphatic heterocycles. The number of methoxy groups -OCH3 is 1. The number of benzene rings is 1. The largest absolute Gasteiger partial charge is 0.383 e. The lowest BCUT2D eigenvalue weighted by Gasteiger charge is -2.15. The fraction of sp³-hybridized carbons (Fsp3) is 0.333. The first-order chi connectivity index (χ1) is 10.4. The van der Waals surface area contributed by atoms with Crippen molar-refractivity contribution in [1.29, 1.82) is 0 Å². The van der Waals surface area contributed by atoms with Gasteiger partial charge in [0.25, 0.3) is 5.91 Å². The summed E-state index contributed by atoms with van der Waals surface area (Å²) in [4.78, 5) is 11.7. The molecule has 1 atom stereocenters. The average molecular weight is 342 g/mol. The minimum absolute atomic E-state index is 0.0483. The van der Waals surface area contributed by atoms with Gasteiger partial charge in [0.1, 0.15) is 0 Å². The van der Waals surface area contributed by atoms with Gasteiger partial charge in [-0.1, -0.05) is 23.7 Å². The maximum Gasteiger partial charge on any atom is 0.262 e. The summed E-state index contributed by atoms with van der Waals surface area (Å²) in [6, 6.07) is 5.63. The van der Waals surface area contributed by atoms with Crippen LogP contribution in [0.2, 0.25) is 5.02 Å². The number of halogens is 1. The molecule has 0 radical (unpaired) electrons. The molecule has 120 valence electrons. The third kappa shape index (κ3) is 6.89. The van der Waals surface area contributed by atoms with E-state index in [0.29, 0.717) is 16.7 Å². The van der Waals surface area contributed by atoms with Crippen molar-refractivity contribution >= 4 is 40.9 Å². The van der Waals surface area contributed by atoms with Gasteiger partial charge in [-0.05, 0) is 49.3 Å². The molecule has 1 amide bonds. The summed E-state index contributed by atoms with van der Waals surface area (Å²) >= 11 is 11.1. The maximum atomic E-state index is 11.7. The Morgan fingerprint density at radius 2 is 2.18 bits per heavy atom. The number of carbonyl (C=O) groups is 1. The van der Waals surface area contributed by atoms with Crippen LogP contribution in [0, 0.1) is 6.92 Å². The van der Waals surface area contributed by atoms with Crippen LogP contribution in [0.4, 0.5) is 0 Å². The van der Waals surface area contributed by atoms with Gasteiger partial charge in [0.05, 0.1) is 6.61 Å². The van der Waals surface area contributed by atoms with Gasteiger partial charge in [0, 0.05) is 24.3 Å². The average Bonchev–Trinajstić information content (AvgIpc) is 2.46. The Balaban J connectivity index is 2.41. The first-order valence-electron chi connectivity index (χ1n) is 6.72. The molecule has 0 aliphatic carbocycles. The summed E-state index contributed by atoms with van der Waals surface area (Å²) in [6.45, 7) is 4.36. The molecule has 1 rings (SSSR count). The normalized spacial score (nSPS) is 12.0. The van der Waals surface area contributed by atoms with E-state index in [9.17, 15) is 4.79 Å². The van der Waals surface area contributed by atoms with Gasteiger partial charge in [-0.3, -0.25) is 15.6 Å². The Labute approximate surface area is 141 Å². The molecule has 3 N–H and O–H groups in total. The molecule has 0 bridgehead atoms. The van der Waals surface area contributed by atoms with Crippen LogP contribution in [0.25, 0.3) is 6.08 Å². The van der Waals surface area contributed by atoms with Crippen molar-refractivity contribution in [2.24, 2.45) is 0 Å². The second-order valence-electron chi connectivity index (χ2n) is 4.79. The van der Waals surface area contributed by atoms with E-state index >= 15 is 0 Å². The van der Waals surface area contributed by atoms with Crippen LogP contribution in [0.15, 0.2) is 24.3 Å². The molecule has 1 aromatic rings. The summed E-state index contributed by atoms with van der Waals surface area (Å²) in [6.07, 6.45) is 3.07. The highest BCUT2D eigenvalue weighted by molar-refractivity contribution is 7.80. The lowest BCUT2D eigenvalue weighted by Crippen LogP contribution is -2.49. The summed E-state index contributed by atoms with van der Waals surface area (Å²) in [5.41, 5.74) is 6.93. The zero-order chi connectivity index (χ0) is 16.5. The second-order valence-corrected chi connectivity index (χ2v) is 5.60. The Morgan fingerprint density at radius 1 is 1.45 bits per heavy atom. The molecule has 7 heteroatoms. The second kappa shape index (κ2) is 9.40. The molecule has 0 spiro atoms. The van der Waals surface area contributed by atoms with E-state index in [4.69, 9.17) is 28.6 Å². The fourth-order valence-corrected chi connectivity index (χ4v) is 2.04. The molecule has 1 aromatic carbocycles. The zero-order valence-electron chi connectivity index (χ0n) is 12.8. The van der Waals surface area contributed by atoms with Gasteiger partial charge in [0.15, 0.2) is 5.11 Å². The minimum Gasteiger partial charge on any atom is -0.383 e. The van der Waals surface area contributed by atoms with Crippen LogP contribution >= 0.6 is 23.8 Å². The number of hydrogen-bond donors (Lipinski definition) is 3. The number of thiocarbonyl (C=S) groups is 1. The highest BCUT2D eigenvalue weighted by atomic mass is 35.5. The first kappa shape index (κ1) is 18.4. The van der Waals surface area contributed by atoms with E-state index in [0.717, 1.165) is 11.1 Å². The van der Waals surface area contributed by atoms with Crippen molar-refractivity contribution in [2.45, 2.75) is 19.9 Å². The van der Waals surface area contributed by atoms with Crippen molar-refractivity contribution < 1.29 is 9.53 Å². The summed E-state index contributed by atoms with van der Waals surface area (Å²) in [5.74, 6) is -0.319. The topological polar surface area (TPSA) is 62.4 Å². The molecule has 22 heavy (non-hydrogen) atoms. The number of hydrogen-bond acceptors (Lipinski definition) is 3. The number of nitrogens with one attached hydrogen (secondary N) is 3. The Morgan fingerprint density at radius 3 is 2.82 bits per heavy atom. The number of rotatable bonds is 5. The molecule has 0 saturated heterocycles. The number of ether oxygens (including phenoxy) is 1. The predicted molar refractivity (Wildman–Crippen MR) is 93.6 cm³/mol. The van der Waals surface area contributed by atoms with E-state index in [2.05, 4.69) is 16.2 Å². The highest BCUT2D eigenvalue weighted by Crippen LogP contribution is 2.17. The van der Waals surface area contributed by atoms with Crippen LogP contribution in [0.3, 0.4) is 0 Å². The molecular formula is C15H20ClN3O2S. The third-order valence-corrected chi connectivity index (χ3v) is 3.34. The van der Waals surface area contributed by atoms with E-state index in [1.807, 2.05) is 26.0 Å². The zero-order valence-corrected chi connectivity index (χ0v) is 14.3. The van der Waals surface area contributed by atoms with Crippen LogP contribution in [-0.2, 0) is 9.53 Å². The number of hydrazine groups is 1. The van der Waals surface area contributed by atoms with Gasteiger partial charge in [-0.2, -0.15) is 0 Å². The molecule has 0 saturated carbocycles. The van der Waals surface area contributed by atoms with E-state index in [-0.39, 0.29) is 11.9 Å². The Hall–Kier alpha value is -1.63. The monoisotopic (exact) mass is 341 g/mol. The van der Waals surface area contributed by atoms with Crippen molar-refractivity contribution in [2.75, 3.05) is 13.7 Å². The maximum absolute atomic E-state index is 11.7. The van der Waals surface area contributed by atoms with Crippen LogP contribution in [-0.4, -0.2) is 30.8 Å². The van der Waals surface area contributed by atoms with E-state index in [1.165, 1.54) is 6.08 Å².